The minimum atomic E-state index is -0.269. The summed E-state index contributed by atoms with van der Waals surface area (Å²) in [6, 6.07) is 6.19. The Bertz CT molecular complexity index is 508. The van der Waals surface area contributed by atoms with Crippen LogP contribution >= 0.6 is 0 Å². The molecular weight excluding hydrogens is 283 g/mol. The largest absolute Gasteiger partial charge is 0.355 e. The molecule has 0 bridgehead atoms. The topological polar surface area (TPSA) is 49.4 Å². The number of amides is 2. The highest BCUT2D eigenvalue weighted by atomic mass is 19.1. The monoisotopic (exact) mass is 306 g/mol. The van der Waals surface area contributed by atoms with Gasteiger partial charge in [0.2, 0.25) is 11.8 Å². The van der Waals surface area contributed by atoms with Crippen molar-refractivity contribution in [3.63, 3.8) is 0 Å². The van der Waals surface area contributed by atoms with Crippen molar-refractivity contribution < 1.29 is 14.0 Å². The first-order chi connectivity index (χ1) is 10.5. The Hall–Kier alpha value is -1.91. The molecule has 1 heterocycles. The lowest BCUT2D eigenvalue weighted by atomic mass is 9.99. The van der Waals surface area contributed by atoms with Gasteiger partial charge in [0.1, 0.15) is 12.2 Å². The number of rotatable bonds is 5. The first-order valence-electron chi connectivity index (χ1n) is 7.83. The van der Waals surface area contributed by atoms with Crippen LogP contribution in [0.1, 0.15) is 31.7 Å². The normalized spacial score (nSPS) is 15.6. The van der Waals surface area contributed by atoms with Crippen LogP contribution in [0, 0.1) is 11.7 Å². The molecule has 120 valence electrons. The van der Waals surface area contributed by atoms with Crippen molar-refractivity contribution in [2.45, 2.75) is 32.6 Å². The van der Waals surface area contributed by atoms with Crippen LogP contribution in [0.25, 0.3) is 0 Å². The van der Waals surface area contributed by atoms with Gasteiger partial charge in [0, 0.05) is 19.6 Å². The third-order valence-electron chi connectivity index (χ3n) is 4.10. The van der Waals surface area contributed by atoms with E-state index in [0.29, 0.717) is 18.9 Å². The lowest BCUT2D eigenvalue weighted by Crippen LogP contribution is -2.40. The van der Waals surface area contributed by atoms with Gasteiger partial charge in [-0.15, -0.1) is 0 Å². The number of carbonyl (C=O) groups is 2. The van der Waals surface area contributed by atoms with Gasteiger partial charge in [0.15, 0.2) is 0 Å². The smallest absolute Gasteiger partial charge is 0.232 e. The quantitative estimate of drug-likeness (QED) is 0.847. The van der Waals surface area contributed by atoms with Gasteiger partial charge in [0.25, 0.3) is 0 Å². The molecule has 1 saturated heterocycles. The van der Waals surface area contributed by atoms with E-state index in [4.69, 9.17) is 0 Å². The van der Waals surface area contributed by atoms with Crippen molar-refractivity contribution in [3.8, 4) is 0 Å². The molecule has 0 saturated carbocycles. The van der Waals surface area contributed by atoms with Crippen LogP contribution in [-0.2, 0) is 16.0 Å². The Morgan fingerprint density at radius 3 is 2.50 bits per heavy atom. The lowest BCUT2D eigenvalue weighted by Gasteiger charge is -2.30. The van der Waals surface area contributed by atoms with Crippen LogP contribution in [0.4, 0.5) is 4.39 Å². The number of hydrogen-bond donors (Lipinski definition) is 1. The summed E-state index contributed by atoms with van der Waals surface area (Å²) in [4.78, 5) is 25.6. The summed E-state index contributed by atoms with van der Waals surface area (Å²) in [6.45, 7) is 4.14. The number of halogens is 1. The molecule has 1 aromatic rings. The van der Waals surface area contributed by atoms with Crippen LogP contribution in [0.15, 0.2) is 24.3 Å². The van der Waals surface area contributed by atoms with E-state index in [1.165, 1.54) is 12.1 Å². The average molecular weight is 306 g/mol. The van der Waals surface area contributed by atoms with E-state index in [1.807, 2.05) is 0 Å². The van der Waals surface area contributed by atoms with E-state index < -0.39 is 0 Å². The predicted molar refractivity (Wildman–Crippen MR) is 82.7 cm³/mol. The molecule has 1 fully saturated rings. The first-order valence-corrected chi connectivity index (χ1v) is 7.83. The van der Waals surface area contributed by atoms with Gasteiger partial charge < -0.3 is 10.2 Å². The summed E-state index contributed by atoms with van der Waals surface area (Å²) in [7, 11) is 0. The minimum Gasteiger partial charge on any atom is -0.355 e. The molecule has 0 radical (unpaired) electrons. The molecule has 1 N–H and O–H groups in total. The van der Waals surface area contributed by atoms with Crippen molar-refractivity contribution in [2.24, 2.45) is 5.92 Å². The van der Waals surface area contributed by atoms with Crippen molar-refractivity contribution in [3.05, 3.63) is 35.6 Å². The van der Waals surface area contributed by atoms with E-state index in [2.05, 4.69) is 12.2 Å². The van der Waals surface area contributed by atoms with Gasteiger partial charge in [-0.25, -0.2) is 4.39 Å². The van der Waals surface area contributed by atoms with E-state index in [1.54, 1.807) is 17.0 Å². The Kier molecular flexibility index (Phi) is 5.92. The number of hydrogen-bond acceptors (Lipinski definition) is 2. The Morgan fingerprint density at radius 2 is 1.86 bits per heavy atom. The zero-order valence-corrected chi connectivity index (χ0v) is 13.0. The van der Waals surface area contributed by atoms with Crippen molar-refractivity contribution in [1.29, 1.82) is 0 Å². The highest BCUT2D eigenvalue weighted by Gasteiger charge is 2.21. The van der Waals surface area contributed by atoms with E-state index in [0.717, 1.165) is 31.5 Å². The van der Waals surface area contributed by atoms with Gasteiger partial charge in [-0.3, -0.25) is 9.59 Å². The van der Waals surface area contributed by atoms with Crippen molar-refractivity contribution in [2.75, 3.05) is 19.6 Å². The summed E-state index contributed by atoms with van der Waals surface area (Å²) in [5.41, 5.74) is 0.957. The number of likely N-dealkylation sites (tertiary alicyclic amines) is 1. The second kappa shape index (κ2) is 7.92. The molecule has 0 atom stereocenters. The molecule has 0 unspecified atom stereocenters. The number of benzene rings is 1. The third kappa shape index (κ3) is 5.13. The molecule has 0 aromatic heterocycles. The standard InChI is InChI=1S/C17H23FN2O2/c1-13-7-10-20(11-8-13)17(22)12-16(21)19-9-6-14-2-4-15(18)5-3-14/h2-5,13H,6-12H2,1H3,(H,19,21). The molecule has 1 aliphatic rings. The fourth-order valence-electron chi connectivity index (χ4n) is 2.57. The maximum atomic E-state index is 12.8. The lowest BCUT2D eigenvalue weighted by molar-refractivity contribution is -0.137. The zero-order valence-electron chi connectivity index (χ0n) is 13.0. The van der Waals surface area contributed by atoms with Crippen LogP contribution in [0.2, 0.25) is 0 Å². The molecule has 22 heavy (non-hydrogen) atoms. The summed E-state index contributed by atoms with van der Waals surface area (Å²) in [5.74, 6) is 0.0553. The number of carbonyl (C=O) groups excluding carboxylic acids is 2. The second-order valence-electron chi connectivity index (χ2n) is 5.97. The number of piperidine rings is 1. The zero-order chi connectivity index (χ0) is 15.9. The fourth-order valence-corrected chi connectivity index (χ4v) is 2.57. The van der Waals surface area contributed by atoms with Gasteiger partial charge >= 0.3 is 0 Å². The minimum absolute atomic E-state index is 0.0855. The van der Waals surface area contributed by atoms with Crippen LogP contribution < -0.4 is 5.32 Å². The molecule has 2 rings (SSSR count). The highest BCUT2D eigenvalue weighted by molar-refractivity contribution is 5.96. The Balaban J connectivity index is 1.67. The van der Waals surface area contributed by atoms with Crippen molar-refractivity contribution in [1.82, 2.24) is 10.2 Å². The van der Waals surface area contributed by atoms with Gasteiger partial charge in [-0.05, 0) is 42.9 Å². The highest BCUT2D eigenvalue weighted by Crippen LogP contribution is 2.16. The second-order valence-corrected chi connectivity index (χ2v) is 5.97. The van der Waals surface area contributed by atoms with Crippen LogP contribution in [-0.4, -0.2) is 36.3 Å². The van der Waals surface area contributed by atoms with Gasteiger partial charge in [-0.2, -0.15) is 0 Å². The Labute approximate surface area is 130 Å². The van der Waals surface area contributed by atoms with Crippen molar-refractivity contribution >= 4 is 11.8 Å². The molecule has 4 nitrogen and oxygen atoms in total. The number of nitrogens with zero attached hydrogens (tertiary/aromatic N) is 1. The fraction of sp³-hybridized carbons (Fsp3) is 0.529. The number of nitrogens with one attached hydrogen (secondary N) is 1. The average Bonchev–Trinajstić information content (AvgIpc) is 2.50. The molecule has 0 aliphatic carbocycles. The molecule has 1 aromatic carbocycles. The first kappa shape index (κ1) is 16.5. The maximum absolute atomic E-state index is 12.8. The van der Waals surface area contributed by atoms with Gasteiger partial charge in [-0.1, -0.05) is 19.1 Å². The summed E-state index contributed by atoms with van der Waals surface area (Å²) < 4.78 is 12.8. The van der Waals surface area contributed by atoms with Crippen LogP contribution in [0.3, 0.4) is 0 Å². The summed E-state index contributed by atoms with van der Waals surface area (Å²) >= 11 is 0. The van der Waals surface area contributed by atoms with E-state index in [-0.39, 0.29) is 24.1 Å². The third-order valence-corrected chi connectivity index (χ3v) is 4.10. The van der Waals surface area contributed by atoms with Crippen LogP contribution in [0.5, 0.6) is 0 Å². The summed E-state index contributed by atoms with van der Waals surface area (Å²) in [5, 5.41) is 2.74. The predicted octanol–water partition coefficient (Wildman–Crippen LogP) is 2.13. The van der Waals surface area contributed by atoms with Gasteiger partial charge in [0.05, 0.1) is 0 Å². The molecule has 1 aliphatic heterocycles. The molecule has 0 spiro atoms. The molecule has 2 amide bonds. The van der Waals surface area contributed by atoms with E-state index >= 15 is 0 Å². The summed E-state index contributed by atoms with van der Waals surface area (Å²) in [6.07, 6.45) is 2.56. The Morgan fingerprint density at radius 1 is 1.23 bits per heavy atom. The van der Waals surface area contributed by atoms with E-state index in [9.17, 15) is 14.0 Å². The maximum Gasteiger partial charge on any atom is 0.232 e. The SMILES string of the molecule is CC1CCN(C(=O)CC(=O)NCCc2ccc(F)cc2)CC1. The molecular formula is C17H23FN2O2. The molecule has 5 heteroatoms.